The molecule has 0 aliphatic heterocycles. The fourth-order valence-corrected chi connectivity index (χ4v) is 2.20. The number of aromatic nitrogens is 1. The molecule has 0 bridgehead atoms. The van der Waals surface area contributed by atoms with Crippen LogP contribution >= 0.6 is 0 Å². The molecule has 1 amide bonds. The number of carbonyl (C=O) groups is 1. The predicted octanol–water partition coefficient (Wildman–Crippen LogP) is 2.23. The molecule has 1 aromatic heterocycles. The highest BCUT2D eigenvalue weighted by Crippen LogP contribution is 2.15. The number of nitrogens with zero attached hydrogens (tertiary/aromatic N) is 2. The molecule has 4 nitrogen and oxygen atoms in total. The van der Waals surface area contributed by atoms with E-state index in [4.69, 9.17) is 0 Å². The minimum Gasteiger partial charge on any atom is -0.342 e. The molecular weight excluding hydrogens is 262 g/mol. The molecule has 2 rings (SSSR count). The number of carbonyl (C=O) groups excluding carboxylic acids is 1. The third kappa shape index (κ3) is 4.02. The van der Waals surface area contributed by atoms with Gasteiger partial charge < -0.3 is 10.2 Å². The van der Waals surface area contributed by atoms with E-state index in [1.807, 2.05) is 33.2 Å². The molecule has 112 valence electrons. The number of amides is 1. The predicted molar refractivity (Wildman–Crippen MR) is 86.2 cm³/mol. The molecule has 0 atom stereocenters. The first kappa shape index (κ1) is 15.4. The van der Waals surface area contributed by atoms with E-state index >= 15 is 0 Å². The summed E-state index contributed by atoms with van der Waals surface area (Å²) >= 11 is 0. The first-order valence-corrected chi connectivity index (χ1v) is 7.38. The molecule has 0 aliphatic carbocycles. The topological polar surface area (TPSA) is 45.2 Å². The molecule has 1 N–H and O–H groups in total. The average molecular weight is 285 g/mol. The van der Waals surface area contributed by atoms with Gasteiger partial charge in [0.05, 0.1) is 12.1 Å². The first-order valence-electron chi connectivity index (χ1n) is 7.38. The van der Waals surface area contributed by atoms with Crippen LogP contribution in [0.2, 0.25) is 0 Å². The lowest BCUT2D eigenvalue weighted by Crippen LogP contribution is -2.39. The number of hydrogen-bond acceptors (Lipinski definition) is 3. The van der Waals surface area contributed by atoms with Crippen molar-refractivity contribution in [2.24, 2.45) is 0 Å². The number of benzene rings is 1. The number of rotatable bonds is 6. The van der Waals surface area contributed by atoms with Gasteiger partial charge in [0.25, 0.3) is 0 Å². The van der Waals surface area contributed by atoms with Crippen LogP contribution < -0.4 is 5.32 Å². The van der Waals surface area contributed by atoms with Crippen molar-refractivity contribution in [2.75, 3.05) is 20.1 Å². The Hall–Kier alpha value is -1.94. The van der Waals surface area contributed by atoms with Gasteiger partial charge in [0.15, 0.2) is 0 Å². The smallest absolute Gasteiger partial charge is 0.236 e. The third-order valence-electron chi connectivity index (χ3n) is 3.73. The van der Waals surface area contributed by atoms with Crippen molar-refractivity contribution in [2.45, 2.75) is 26.3 Å². The molecule has 1 heterocycles. The number of nitrogens with one attached hydrogen (secondary N) is 1. The number of pyridine rings is 1. The monoisotopic (exact) mass is 285 g/mol. The highest BCUT2D eigenvalue weighted by atomic mass is 16.2. The van der Waals surface area contributed by atoms with Gasteiger partial charge in [-0.05, 0) is 38.4 Å². The third-order valence-corrected chi connectivity index (χ3v) is 3.73. The molecule has 0 radical (unpaired) electrons. The van der Waals surface area contributed by atoms with Gasteiger partial charge in [0.1, 0.15) is 0 Å². The van der Waals surface area contributed by atoms with Crippen molar-refractivity contribution in [1.29, 1.82) is 0 Å². The Morgan fingerprint density at radius 2 is 2.05 bits per heavy atom. The Morgan fingerprint density at radius 1 is 1.29 bits per heavy atom. The van der Waals surface area contributed by atoms with Crippen LogP contribution in [-0.4, -0.2) is 42.0 Å². The molecular formula is C17H23N3O. The Bertz CT molecular complexity index is 605. The maximum Gasteiger partial charge on any atom is 0.236 e. The van der Waals surface area contributed by atoms with E-state index in [0.29, 0.717) is 6.54 Å². The quantitative estimate of drug-likeness (QED) is 0.828. The lowest BCUT2D eigenvalue weighted by molar-refractivity contribution is -0.130. The Labute approximate surface area is 126 Å². The second kappa shape index (κ2) is 7.18. The van der Waals surface area contributed by atoms with Gasteiger partial charge in [-0.2, -0.15) is 0 Å². The number of hydrogen-bond donors (Lipinski definition) is 1. The number of likely N-dealkylation sites (N-methyl/N-ethyl adjacent to an activating group) is 1. The molecule has 0 unspecified atom stereocenters. The van der Waals surface area contributed by atoms with Gasteiger partial charge in [0, 0.05) is 24.7 Å². The van der Waals surface area contributed by atoms with Crippen LogP contribution in [0.4, 0.5) is 0 Å². The van der Waals surface area contributed by atoms with Crippen molar-refractivity contribution in [3.63, 3.8) is 0 Å². The summed E-state index contributed by atoms with van der Waals surface area (Å²) < 4.78 is 0. The second-order valence-electron chi connectivity index (χ2n) is 5.52. The molecule has 2 aromatic rings. The molecule has 0 spiro atoms. The molecule has 0 saturated heterocycles. The minimum atomic E-state index is 0.126. The second-order valence-corrected chi connectivity index (χ2v) is 5.52. The van der Waals surface area contributed by atoms with Gasteiger partial charge in [-0.3, -0.25) is 9.78 Å². The molecule has 0 saturated carbocycles. The van der Waals surface area contributed by atoms with Crippen molar-refractivity contribution in [1.82, 2.24) is 15.2 Å². The van der Waals surface area contributed by atoms with E-state index in [1.54, 1.807) is 4.90 Å². The van der Waals surface area contributed by atoms with Gasteiger partial charge in [-0.1, -0.05) is 24.3 Å². The minimum absolute atomic E-state index is 0.126. The van der Waals surface area contributed by atoms with Crippen LogP contribution in [0.15, 0.2) is 36.5 Å². The van der Waals surface area contributed by atoms with Gasteiger partial charge in [-0.25, -0.2) is 0 Å². The lowest BCUT2D eigenvalue weighted by atomic mass is 10.1. The SMILES string of the molecule is CC(C)N(C)C(=O)CNCCc1cccc2cccnc12. The fraction of sp³-hybridized carbons (Fsp3) is 0.412. The van der Waals surface area contributed by atoms with Crippen LogP contribution in [0.3, 0.4) is 0 Å². The first-order chi connectivity index (χ1) is 10.1. The van der Waals surface area contributed by atoms with Crippen LogP contribution in [0.25, 0.3) is 10.9 Å². The summed E-state index contributed by atoms with van der Waals surface area (Å²) in [5, 5.41) is 4.37. The zero-order valence-electron chi connectivity index (χ0n) is 13.0. The van der Waals surface area contributed by atoms with Crippen LogP contribution in [0.1, 0.15) is 19.4 Å². The Balaban J connectivity index is 1.87. The van der Waals surface area contributed by atoms with Gasteiger partial charge >= 0.3 is 0 Å². The van der Waals surface area contributed by atoms with E-state index in [9.17, 15) is 4.79 Å². The normalized spacial score (nSPS) is 11.0. The molecule has 4 heteroatoms. The Morgan fingerprint density at radius 3 is 2.81 bits per heavy atom. The van der Waals surface area contributed by atoms with E-state index in [0.717, 1.165) is 23.9 Å². The highest BCUT2D eigenvalue weighted by molar-refractivity contribution is 5.81. The largest absolute Gasteiger partial charge is 0.342 e. The average Bonchev–Trinajstić information content (AvgIpc) is 2.50. The van der Waals surface area contributed by atoms with Crippen molar-refractivity contribution in [3.05, 3.63) is 42.1 Å². The molecule has 0 fully saturated rings. The van der Waals surface area contributed by atoms with Gasteiger partial charge in [0.2, 0.25) is 5.91 Å². The standard InChI is InChI=1S/C17H23N3O/c1-13(2)20(3)16(21)12-18-11-9-15-7-4-6-14-8-5-10-19-17(14)15/h4-8,10,13,18H,9,11-12H2,1-3H3. The zero-order valence-corrected chi connectivity index (χ0v) is 13.0. The lowest BCUT2D eigenvalue weighted by Gasteiger charge is -2.21. The fourth-order valence-electron chi connectivity index (χ4n) is 2.20. The summed E-state index contributed by atoms with van der Waals surface area (Å²) in [6.45, 7) is 5.18. The molecule has 0 aliphatic rings. The summed E-state index contributed by atoms with van der Waals surface area (Å²) in [6, 6.07) is 10.5. The van der Waals surface area contributed by atoms with E-state index in [2.05, 4.69) is 34.6 Å². The van der Waals surface area contributed by atoms with Crippen molar-refractivity contribution in [3.8, 4) is 0 Å². The van der Waals surface area contributed by atoms with Crippen LogP contribution in [0.5, 0.6) is 0 Å². The summed E-state index contributed by atoms with van der Waals surface area (Å²) in [4.78, 5) is 18.1. The maximum atomic E-state index is 11.9. The van der Waals surface area contributed by atoms with Crippen LogP contribution in [0, 0.1) is 0 Å². The zero-order chi connectivity index (χ0) is 15.2. The molecule has 21 heavy (non-hydrogen) atoms. The molecule has 1 aromatic carbocycles. The summed E-state index contributed by atoms with van der Waals surface area (Å²) in [5.41, 5.74) is 2.26. The summed E-state index contributed by atoms with van der Waals surface area (Å²) in [6.07, 6.45) is 2.69. The number of fused-ring (bicyclic) bond motifs is 1. The van der Waals surface area contributed by atoms with Crippen molar-refractivity contribution < 1.29 is 4.79 Å². The summed E-state index contributed by atoms with van der Waals surface area (Å²) in [7, 11) is 1.84. The van der Waals surface area contributed by atoms with E-state index < -0.39 is 0 Å². The van der Waals surface area contributed by atoms with Crippen molar-refractivity contribution >= 4 is 16.8 Å². The Kier molecular flexibility index (Phi) is 5.28. The van der Waals surface area contributed by atoms with E-state index in [1.165, 1.54) is 5.56 Å². The summed E-state index contributed by atoms with van der Waals surface area (Å²) in [5.74, 6) is 0.126. The van der Waals surface area contributed by atoms with Gasteiger partial charge in [-0.15, -0.1) is 0 Å². The highest BCUT2D eigenvalue weighted by Gasteiger charge is 2.10. The van der Waals surface area contributed by atoms with E-state index in [-0.39, 0.29) is 11.9 Å². The maximum absolute atomic E-state index is 11.9. The number of para-hydroxylation sites is 1. The van der Waals surface area contributed by atoms with Crippen LogP contribution in [-0.2, 0) is 11.2 Å².